The number of piperidine rings is 1. The van der Waals surface area contributed by atoms with Gasteiger partial charge in [0.25, 0.3) is 0 Å². The fraction of sp³-hybridized carbons (Fsp3) is 0.480. The van der Waals surface area contributed by atoms with Crippen molar-refractivity contribution in [1.29, 1.82) is 0 Å². The number of urea groups is 1. The SMILES string of the molecule is CCCC(C)N1CCC(N(Cc2ccccc2)C(=O)Nc2ccc(C(F)(F)F)cc2N[O-])CC1. The number of amides is 2. The molecule has 1 unspecified atom stereocenters. The molecule has 1 atom stereocenters. The van der Waals surface area contributed by atoms with Crippen molar-refractivity contribution in [2.24, 2.45) is 0 Å². The lowest BCUT2D eigenvalue weighted by atomic mass is 10.00. The average Bonchev–Trinajstić information content (AvgIpc) is 2.83. The first kappa shape index (κ1) is 25.8. The van der Waals surface area contributed by atoms with Crippen LogP contribution in [0.4, 0.5) is 29.3 Å². The van der Waals surface area contributed by atoms with Gasteiger partial charge < -0.3 is 25.8 Å². The zero-order valence-corrected chi connectivity index (χ0v) is 19.6. The van der Waals surface area contributed by atoms with Crippen molar-refractivity contribution in [2.45, 2.75) is 64.3 Å². The number of carbonyl (C=O) groups is 1. The molecule has 1 aliphatic heterocycles. The predicted molar refractivity (Wildman–Crippen MR) is 128 cm³/mol. The van der Waals surface area contributed by atoms with Gasteiger partial charge in [-0.25, -0.2) is 4.79 Å². The number of rotatable bonds is 8. The highest BCUT2D eigenvalue weighted by Crippen LogP contribution is 2.34. The molecule has 2 N–H and O–H groups in total. The van der Waals surface area contributed by atoms with Gasteiger partial charge in [-0.2, -0.15) is 13.2 Å². The fourth-order valence-corrected chi connectivity index (χ4v) is 4.49. The molecule has 2 aromatic carbocycles. The predicted octanol–water partition coefficient (Wildman–Crippen LogP) is 6.30. The quantitative estimate of drug-likeness (QED) is 0.438. The van der Waals surface area contributed by atoms with E-state index in [0.717, 1.165) is 56.5 Å². The normalized spacial score (nSPS) is 16.2. The Kier molecular flexibility index (Phi) is 8.79. The van der Waals surface area contributed by atoms with E-state index in [2.05, 4.69) is 24.1 Å². The minimum atomic E-state index is -4.59. The third kappa shape index (κ3) is 6.64. The first-order valence-electron chi connectivity index (χ1n) is 11.7. The number of nitrogens with one attached hydrogen (secondary N) is 2. The summed E-state index contributed by atoms with van der Waals surface area (Å²) in [5.74, 6) is 0. The third-order valence-electron chi connectivity index (χ3n) is 6.42. The van der Waals surface area contributed by atoms with Crippen LogP contribution in [0.15, 0.2) is 48.5 Å². The molecular weight excluding hydrogens is 445 g/mol. The molecule has 9 heteroatoms. The van der Waals surface area contributed by atoms with Gasteiger partial charge in [0.05, 0.1) is 11.3 Å². The maximum atomic E-state index is 13.3. The lowest BCUT2D eigenvalue weighted by Gasteiger charge is -2.41. The molecule has 1 saturated heterocycles. The van der Waals surface area contributed by atoms with Crippen LogP contribution in [0.3, 0.4) is 0 Å². The lowest BCUT2D eigenvalue weighted by Crippen LogP contribution is -2.50. The Hall–Kier alpha value is -2.78. The first-order chi connectivity index (χ1) is 16.2. The largest absolute Gasteiger partial charge is 0.761 e. The van der Waals surface area contributed by atoms with E-state index in [4.69, 9.17) is 0 Å². The molecule has 0 saturated carbocycles. The van der Waals surface area contributed by atoms with Crippen molar-refractivity contribution in [3.05, 3.63) is 64.9 Å². The number of anilines is 2. The van der Waals surface area contributed by atoms with E-state index in [1.807, 2.05) is 30.3 Å². The van der Waals surface area contributed by atoms with Crippen molar-refractivity contribution in [3.8, 4) is 0 Å². The molecule has 3 rings (SSSR count). The van der Waals surface area contributed by atoms with E-state index in [9.17, 15) is 23.2 Å². The number of alkyl halides is 3. The summed E-state index contributed by atoms with van der Waals surface area (Å²) in [7, 11) is 0. The summed E-state index contributed by atoms with van der Waals surface area (Å²) >= 11 is 0. The highest BCUT2D eigenvalue weighted by molar-refractivity contribution is 5.93. The molecule has 1 heterocycles. The maximum Gasteiger partial charge on any atom is 0.416 e. The Morgan fingerprint density at radius 2 is 1.82 bits per heavy atom. The Labute approximate surface area is 198 Å². The second-order valence-electron chi connectivity index (χ2n) is 8.81. The van der Waals surface area contributed by atoms with Crippen LogP contribution in [-0.2, 0) is 12.7 Å². The summed E-state index contributed by atoms with van der Waals surface area (Å²) in [5, 5.41) is 14.0. The Bertz CT molecular complexity index is 932. The fourth-order valence-electron chi connectivity index (χ4n) is 4.49. The van der Waals surface area contributed by atoms with Crippen LogP contribution in [0, 0.1) is 5.21 Å². The smallest absolute Gasteiger partial charge is 0.416 e. The molecule has 34 heavy (non-hydrogen) atoms. The number of nitrogens with zero attached hydrogens (tertiary/aromatic N) is 2. The minimum absolute atomic E-state index is 0.0139. The molecule has 0 radical (unpaired) electrons. The summed E-state index contributed by atoms with van der Waals surface area (Å²) in [4.78, 5) is 17.5. The molecule has 1 fully saturated rings. The Balaban J connectivity index is 1.78. The molecular formula is C25H32F3N4O2-. The molecule has 0 bridgehead atoms. The number of halogens is 3. The molecule has 0 spiro atoms. The van der Waals surface area contributed by atoms with E-state index in [1.54, 1.807) is 4.90 Å². The van der Waals surface area contributed by atoms with Gasteiger partial charge in [-0.15, -0.1) is 0 Å². The van der Waals surface area contributed by atoms with Gasteiger partial charge in [0.2, 0.25) is 0 Å². The number of benzene rings is 2. The Morgan fingerprint density at radius 1 is 1.15 bits per heavy atom. The number of hydrogen-bond acceptors (Lipinski definition) is 4. The molecule has 0 aromatic heterocycles. The van der Waals surface area contributed by atoms with Gasteiger partial charge in [-0.05, 0) is 49.9 Å². The summed E-state index contributed by atoms with van der Waals surface area (Å²) in [6.45, 7) is 6.50. The molecule has 0 aliphatic carbocycles. The van der Waals surface area contributed by atoms with Crippen molar-refractivity contribution in [1.82, 2.24) is 9.80 Å². The summed E-state index contributed by atoms with van der Waals surface area (Å²) in [5.41, 5.74) is 1.20. The Morgan fingerprint density at radius 3 is 2.41 bits per heavy atom. The van der Waals surface area contributed by atoms with Crippen LogP contribution < -0.4 is 10.8 Å². The monoisotopic (exact) mass is 477 g/mol. The third-order valence-corrected chi connectivity index (χ3v) is 6.42. The summed E-state index contributed by atoms with van der Waals surface area (Å²) < 4.78 is 39.1. The van der Waals surface area contributed by atoms with Crippen LogP contribution in [0.2, 0.25) is 0 Å². The van der Waals surface area contributed by atoms with Crippen LogP contribution in [-0.4, -0.2) is 41.0 Å². The zero-order chi connectivity index (χ0) is 24.7. The summed E-state index contributed by atoms with van der Waals surface area (Å²) in [6, 6.07) is 12.2. The van der Waals surface area contributed by atoms with E-state index in [0.29, 0.717) is 18.7 Å². The van der Waals surface area contributed by atoms with E-state index >= 15 is 0 Å². The second kappa shape index (κ2) is 11.6. The van der Waals surface area contributed by atoms with Gasteiger partial charge in [-0.1, -0.05) is 43.7 Å². The highest BCUT2D eigenvalue weighted by atomic mass is 19.4. The second-order valence-corrected chi connectivity index (χ2v) is 8.81. The van der Waals surface area contributed by atoms with Crippen LogP contribution in [0.25, 0.3) is 0 Å². The first-order valence-corrected chi connectivity index (χ1v) is 11.7. The topological polar surface area (TPSA) is 70.7 Å². The summed E-state index contributed by atoms with van der Waals surface area (Å²) in [6.07, 6.45) is -0.747. The number of likely N-dealkylation sites (tertiary alicyclic amines) is 1. The highest BCUT2D eigenvalue weighted by Gasteiger charge is 2.32. The number of carbonyl (C=O) groups excluding carboxylic acids is 1. The maximum absolute atomic E-state index is 13.3. The van der Waals surface area contributed by atoms with Gasteiger partial charge in [-0.3, -0.25) is 0 Å². The zero-order valence-electron chi connectivity index (χ0n) is 19.6. The van der Waals surface area contributed by atoms with E-state index < -0.39 is 17.8 Å². The van der Waals surface area contributed by atoms with Crippen molar-refractivity contribution < 1.29 is 18.0 Å². The van der Waals surface area contributed by atoms with Crippen molar-refractivity contribution in [2.75, 3.05) is 23.9 Å². The average molecular weight is 478 g/mol. The van der Waals surface area contributed by atoms with Crippen LogP contribution >= 0.6 is 0 Å². The van der Waals surface area contributed by atoms with E-state index in [1.165, 1.54) is 5.48 Å². The molecule has 1 aliphatic rings. The molecule has 186 valence electrons. The van der Waals surface area contributed by atoms with Crippen LogP contribution in [0.5, 0.6) is 0 Å². The van der Waals surface area contributed by atoms with Crippen LogP contribution in [0.1, 0.15) is 50.7 Å². The number of hydrogen-bond donors (Lipinski definition) is 2. The van der Waals surface area contributed by atoms with Gasteiger partial charge >= 0.3 is 12.2 Å². The lowest BCUT2D eigenvalue weighted by molar-refractivity contribution is -0.137. The molecule has 2 amide bonds. The molecule has 6 nitrogen and oxygen atoms in total. The van der Waals surface area contributed by atoms with Crippen molar-refractivity contribution in [3.63, 3.8) is 0 Å². The van der Waals surface area contributed by atoms with Gasteiger partial charge in [0, 0.05) is 37.4 Å². The van der Waals surface area contributed by atoms with Gasteiger partial charge in [0.15, 0.2) is 0 Å². The van der Waals surface area contributed by atoms with Gasteiger partial charge in [0.1, 0.15) is 0 Å². The van der Waals surface area contributed by atoms with E-state index in [-0.39, 0.29) is 17.4 Å². The molecule has 2 aromatic rings. The standard InChI is InChI=1S/C25H32F3N4O2/c1-3-7-18(2)31-14-12-21(13-15-31)32(17-19-8-5-4-6-9-19)24(33)29-22-11-10-20(25(26,27)28)16-23(22)30-34/h4-6,8-11,16,18,21,30H,3,7,12-15,17H2,1-2H3,(H,29,33)/q-1. The van der Waals surface area contributed by atoms with Crippen molar-refractivity contribution >= 4 is 17.4 Å². The minimum Gasteiger partial charge on any atom is -0.761 e.